The summed E-state index contributed by atoms with van der Waals surface area (Å²) >= 11 is 0. The van der Waals surface area contributed by atoms with Crippen LogP contribution in [0.4, 0.5) is 5.82 Å². The van der Waals surface area contributed by atoms with Crippen molar-refractivity contribution in [3.8, 4) is 0 Å². The number of nitrogens with one attached hydrogen (secondary N) is 2. The highest BCUT2D eigenvalue weighted by atomic mass is 16.1. The molecule has 0 saturated heterocycles. The number of hydrogen-bond acceptors (Lipinski definition) is 3. The van der Waals surface area contributed by atoms with Crippen LogP contribution >= 0.6 is 0 Å². The fourth-order valence-electron chi connectivity index (χ4n) is 0.556. The van der Waals surface area contributed by atoms with Gasteiger partial charge in [-0.15, -0.1) is 0 Å². The molecule has 0 bridgehead atoms. The van der Waals surface area contributed by atoms with Crippen molar-refractivity contribution in [3.05, 3.63) is 35.5 Å². The van der Waals surface area contributed by atoms with Gasteiger partial charge >= 0.3 is 5.69 Å². The van der Waals surface area contributed by atoms with Gasteiger partial charge in [-0.25, -0.2) is 4.79 Å². The first-order valence-corrected chi connectivity index (χ1v) is 2.76. The molecular weight excluding hydrogens is 130 g/mol. The minimum absolute atomic E-state index is 0.369. The number of rotatable bonds is 2. The molecule has 0 atom stereocenters. The van der Waals surface area contributed by atoms with E-state index in [1.807, 2.05) is 0 Å². The first-order valence-electron chi connectivity index (χ1n) is 2.76. The Morgan fingerprint density at radius 3 is 3.20 bits per heavy atom. The normalized spacial score (nSPS) is 8.80. The van der Waals surface area contributed by atoms with Crippen molar-refractivity contribution in [1.29, 1.82) is 0 Å². The lowest BCUT2D eigenvalue weighted by Gasteiger charge is -1.93. The van der Waals surface area contributed by atoms with Gasteiger partial charge in [0.05, 0.1) is 0 Å². The van der Waals surface area contributed by atoms with Gasteiger partial charge in [0.1, 0.15) is 5.82 Å². The predicted octanol–water partition coefficient (Wildman–Crippen LogP) is 0.325. The van der Waals surface area contributed by atoms with E-state index in [0.717, 1.165) is 0 Å². The maximum Gasteiger partial charge on any atom is 0.346 e. The number of H-pyrrole nitrogens is 1. The smallest absolute Gasteiger partial charge is 0.346 e. The van der Waals surface area contributed by atoms with Gasteiger partial charge in [0.25, 0.3) is 0 Å². The summed E-state index contributed by atoms with van der Waals surface area (Å²) in [6.07, 6.45) is 2.98. The zero-order valence-corrected chi connectivity index (χ0v) is 5.29. The SMILES string of the molecule is C=CNc1cc[nH]c(=O)n1. The van der Waals surface area contributed by atoms with E-state index in [9.17, 15) is 4.79 Å². The number of nitrogens with zero attached hydrogens (tertiary/aromatic N) is 1. The summed E-state index contributed by atoms with van der Waals surface area (Å²) in [7, 11) is 0. The fraction of sp³-hybridized carbons (Fsp3) is 0. The molecule has 0 aromatic carbocycles. The molecule has 0 fully saturated rings. The standard InChI is InChI=1S/C6H7N3O/c1-2-7-5-3-4-8-6(10)9-5/h2-4H,1H2,(H2,7,8,9,10). The van der Waals surface area contributed by atoms with Crippen molar-refractivity contribution in [2.75, 3.05) is 5.32 Å². The predicted molar refractivity (Wildman–Crippen MR) is 38.7 cm³/mol. The highest BCUT2D eigenvalue weighted by molar-refractivity contribution is 5.34. The molecule has 4 heteroatoms. The topological polar surface area (TPSA) is 57.8 Å². The average molecular weight is 137 g/mol. The number of aromatic nitrogens is 2. The van der Waals surface area contributed by atoms with Crippen LogP contribution in [-0.4, -0.2) is 9.97 Å². The largest absolute Gasteiger partial charge is 0.347 e. The van der Waals surface area contributed by atoms with Crippen molar-refractivity contribution in [3.63, 3.8) is 0 Å². The van der Waals surface area contributed by atoms with E-state index < -0.39 is 0 Å². The molecule has 4 nitrogen and oxygen atoms in total. The van der Waals surface area contributed by atoms with Crippen LogP contribution in [0.1, 0.15) is 0 Å². The van der Waals surface area contributed by atoms with Crippen LogP contribution in [-0.2, 0) is 0 Å². The van der Waals surface area contributed by atoms with E-state index in [2.05, 4.69) is 21.9 Å². The van der Waals surface area contributed by atoms with Crippen LogP contribution in [0.15, 0.2) is 29.8 Å². The highest BCUT2D eigenvalue weighted by Gasteiger charge is 1.87. The van der Waals surface area contributed by atoms with Gasteiger partial charge < -0.3 is 10.3 Å². The van der Waals surface area contributed by atoms with Crippen LogP contribution < -0.4 is 11.0 Å². The van der Waals surface area contributed by atoms with E-state index in [1.165, 1.54) is 12.4 Å². The Hall–Kier alpha value is -1.58. The lowest BCUT2D eigenvalue weighted by molar-refractivity contribution is 1.08. The summed E-state index contributed by atoms with van der Waals surface area (Å²) in [5.41, 5.74) is -0.369. The zero-order valence-electron chi connectivity index (χ0n) is 5.29. The van der Waals surface area contributed by atoms with E-state index in [1.54, 1.807) is 6.07 Å². The summed E-state index contributed by atoms with van der Waals surface area (Å²) in [5, 5.41) is 2.68. The molecule has 0 amide bonds. The Morgan fingerprint density at radius 2 is 2.60 bits per heavy atom. The Bertz CT molecular complexity index is 278. The summed E-state index contributed by atoms with van der Waals surface area (Å²) < 4.78 is 0. The quantitative estimate of drug-likeness (QED) is 0.617. The molecule has 0 unspecified atom stereocenters. The molecule has 1 aromatic heterocycles. The molecule has 52 valence electrons. The van der Waals surface area contributed by atoms with Gasteiger partial charge in [0.15, 0.2) is 0 Å². The van der Waals surface area contributed by atoms with Crippen LogP contribution in [0, 0.1) is 0 Å². The molecule has 0 radical (unpaired) electrons. The van der Waals surface area contributed by atoms with Crippen LogP contribution in [0.5, 0.6) is 0 Å². The fourth-order valence-corrected chi connectivity index (χ4v) is 0.556. The van der Waals surface area contributed by atoms with Gasteiger partial charge in [0.2, 0.25) is 0 Å². The van der Waals surface area contributed by atoms with Crippen molar-refractivity contribution in [2.24, 2.45) is 0 Å². The number of anilines is 1. The number of aromatic amines is 1. The Kier molecular flexibility index (Phi) is 1.84. The first-order chi connectivity index (χ1) is 4.83. The third kappa shape index (κ3) is 1.45. The second-order valence-electron chi connectivity index (χ2n) is 1.63. The van der Waals surface area contributed by atoms with Gasteiger partial charge in [-0.3, -0.25) is 0 Å². The Morgan fingerprint density at radius 1 is 1.80 bits per heavy atom. The molecule has 0 saturated carbocycles. The zero-order chi connectivity index (χ0) is 7.40. The third-order valence-electron chi connectivity index (χ3n) is 0.920. The summed E-state index contributed by atoms with van der Waals surface area (Å²) in [6.45, 7) is 3.42. The second kappa shape index (κ2) is 2.82. The van der Waals surface area contributed by atoms with Crippen molar-refractivity contribution in [1.82, 2.24) is 9.97 Å². The molecule has 1 rings (SSSR count). The molecule has 1 heterocycles. The van der Waals surface area contributed by atoms with Gasteiger partial charge in [0, 0.05) is 6.20 Å². The van der Waals surface area contributed by atoms with Gasteiger partial charge in [-0.1, -0.05) is 6.58 Å². The van der Waals surface area contributed by atoms with E-state index >= 15 is 0 Å². The van der Waals surface area contributed by atoms with Gasteiger partial charge in [-0.05, 0) is 12.3 Å². The molecule has 1 aromatic rings. The summed E-state index contributed by atoms with van der Waals surface area (Å²) in [5.74, 6) is 0.499. The second-order valence-corrected chi connectivity index (χ2v) is 1.63. The molecular formula is C6H7N3O. The van der Waals surface area contributed by atoms with Gasteiger partial charge in [-0.2, -0.15) is 4.98 Å². The molecule has 0 spiro atoms. The van der Waals surface area contributed by atoms with E-state index in [4.69, 9.17) is 0 Å². The van der Waals surface area contributed by atoms with E-state index in [0.29, 0.717) is 5.82 Å². The molecule has 0 aliphatic heterocycles. The molecule has 10 heavy (non-hydrogen) atoms. The highest BCUT2D eigenvalue weighted by Crippen LogP contribution is 1.93. The van der Waals surface area contributed by atoms with Crippen LogP contribution in [0.3, 0.4) is 0 Å². The van der Waals surface area contributed by atoms with Crippen molar-refractivity contribution >= 4 is 5.82 Å². The maximum absolute atomic E-state index is 10.5. The number of hydrogen-bond donors (Lipinski definition) is 2. The Balaban J connectivity index is 2.95. The maximum atomic E-state index is 10.5. The van der Waals surface area contributed by atoms with Crippen LogP contribution in [0.25, 0.3) is 0 Å². The van der Waals surface area contributed by atoms with Crippen LogP contribution in [0.2, 0.25) is 0 Å². The lowest BCUT2D eigenvalue weighted by Crippen LogP contribution is -2.10. The minimum atomic E-state index is -0.369. The summed E-state index contributed by atoms with van der Waals surface area (Å²) in [4.78, 5) is 16.5. The average Bonchev–Trinajstić information content (AvgIpc) is 1.88. The monoisotopic (exact) mass is 137 g/mol. The third-order valence-corrected chi connectivity index (χ3v) is 0.920. The Labute approximate surface area is 57.6 Å². The lowest BCUT2D eigenvalue weighted by atomic mass is 10.6. The minimum Gasteiger partial charge on any atom is -0.347 e. The van der Waals surface area contributed by atoms with Crippen molar-refractivity contribution in [2.45, 2.75) is 0 Å². The summed E-state index contributed by atoms with van der Waals surface area (Å²) in [6, 6.07) is 1.64. The molecule has 0 aliphatic carbocycles. The molecule has 0 aliphatic rings. The van der Waals surface area contributed by atoms with Crippen molar-refractivity contribution < 1.29 is 0 Å². The molecule has 2 N–H and O–H groups in total. The van der Waals surface area contributed by atoms with E-state index in [-0.39, 0.29) is 5.69 Å². The first kappa shape index (κ1) is 6.54.